The van der Waals surface area contributed by atoms with Gasteiger partial charge >= 0.3 is 0 Å². The Kier molecular flexibility index (Phi) is 4.57. The highest BCUT2D eigenvalue weighted by Gasteiger charge is 2.17. The van der Waals surface area contributed by atoms with Crippen molar-refractivity contribution in [1.29, 1.82) is 0 Å². The van der Waals surface area contributed by atoms with Crippen LogP contribution in [0.5, 0.6) is 17.2 Å². The third-order valence-electron chi connectivity index (χ3n) is 4.00. The summed E-state index contributed by atoms with van der Waals surface area (Å²) in [6.07, 6.45) is 5.50. The molecular formula is C20H16N2O4S. The summed E-state index contributed by atoms with van der Waals surface area (Å²) in [6, 6.07) is 11.2. The van der Waals surface area contributed by atoms with Gasteiger partial charge in [-0.15, -0.1) is 6.42 Å². The minimum atomic E-state index is -0.381. The van der Waals surface area contributed by atoms with Crippen LogP contribution in [0, 0.1) is 19.3 Å². The van der Waals surface area contributed by atoms with Crippen LogP contribution in [-0.4, -0.2) is 23.9 Å². The van der Waals surface area contributed by atoms with Gasteiger partial charge in [-0.1, -0.05) is 29.4 Å². The van der Waals surface area contributed by atoms with Crippen molar-refractivity contribution in [2.24, 2.45) is 4.99 Å². The molecule has 0 N–H and O–H groups in total. The molecule has 0 bridgehead atoms. The first-order valence-electron chi connectivity index (χ1n) is 8.27. The highest BCUT2D eigenvalue weighted by molar-refractivity contribution is 7.16. The van der Waals surface area contributed by atoms with Gasteiger partial charge in [0.25, 0.3) is 5.91 Å². The van der Waals surface area contributed by atoms with Crippen LogP contribution in [0.4, 0.5) is 0 Å². The molecule has 6 nitrogen and oxygen atoms in total. The zero-order valence-corrected chi connectivity index (χ0v) is 15.4. The minimum Gasteiger partial charge on any atom is -0.484 e. The van der Waals surface area contributed by atoms with Crippen molar-refractivity contribution in [3.63, 3.8) is 0 Å². The molecule has 0 fully saturated rings. The molecule has 1 amide bonds. The first kappa shape index (κ1) is 17.2. The molecule has 2 aromatic carbocycles. The van der Waals surface area contributed by atoms with E-state index in [2.05, 4.69) is 10.9 Å². The van der Waals surface area contributed by atoms with Crippen LogP contribution in [0.25, 0.3) is 10.2 Å². The van der Waals surface area contributed by atoms with Crippen molar-refractivity contribution >= 4 is 27.5 Å². The van der Waals surface area contributed by atoms with Crippen molar-refractivity contribution in [3.8, 4) is 29.6 Å². The van der Waals surface area contributed by atoms with Crippen molar-refractivity contribution < 1.29 is 19.0 Å². The van der Waals surface area contributed by atoms with Gasteiger partial charge in [-0.05, 0) is 24.6 Å². The predicted octanol–water partition coefficient (Wildman–Crippen LogP) is 2.88. The summed E-state index contributed by atoms with van der Waals surface area (Å²) in [5.74, 6) is 4.20. The zero-order valence-electron chi connectivity index (χ0n) is 14.6. The summed E-state index contributed by atoms with van der Waals surface area (Å²) in [5.41, 5.74) is 1.92. The van der Waals surface area contributed by atoms with E-state index in [1.54, 1.807) is 6.07 Å². The smallest absolute Gasteiger partial charge is 0.286 e. The molecule has 1 aliphatic rings. The van der Waals surface area contributed by atoms with Gasteiger partial charge in [0.2, 0.25) is 6.79 Å². The Balaban J connectivity index is 1.64. The van der Waals surface area contributed by atoms with Crippen molar-refractivity contribution in [2.45, 2.75) is 13.5 Å². The Hall–Kier alpha value is -3.24. The molecule has 0 aliphatic carbocycles. The van der Waals surface area contributed by atoms with E-state index >= 15 is 0 Å². The van der Waals surface area contributed by atoms with E-state index in [4.69, 9.17) is 20.6 Å². The lowest BCUT2D eigenvalue weighted by Gasteiger charge is -2.04. The van der Waals surface area contributed by atoms with Crippen LogP contribution in [0.2, 0.25) is 0 Å². The number of hydrogen-bond acceptors (Lipinski definition) is 5. The summed E-state index contributed by atoms with van der Waals surface area (Å²) in [4.78, 5) is 17.0. The van der Waals surface area contributed by atoms with Gasteiger partial charge < -0.3 is 18.8 Å². The Morgan fingerprint density at radius 2 is 2.15 bits per heavy atom. The Morgan fingerprint density at radius 3 is 2.93 bits per heavy atom. The fourth-order valence-corrected chi connectivity index (χ4v) is 3.84. The van der Waals surface area contributed by atoms with E-state index in [9.17, 15) is 4.79 Å². The number of carbonyl (C=O) groups is 1. The fourth-order valence-electron chi connectivity index (χ4n) is 2.78. The molecule has 0 spiro atoms. The lowest BCUT2D eigenvalue weighted by atomic mass is 10.2. The van der Waals surface area contributed by atoms with Gasteiger partial charge in [0.15, 0.2) is 22.9 Å². The molecule has 27 heavy (non-hydrogen) atoms. The molecule has 136 valence electrons. The normalized spacial score (nSPS) is 13.0. The van der Waals surface area contributed by atoms with E-state index in [0.717, 1.165) is 15.8 Å². The number of terminal acetylenes is 1. The monoisotopic (exact) mass is 380 g/mol. The van der Waals surface area contributed by atoms with Gasteiger partial charge in [0.05, 0.1) is 16.8 Å². The molecular weight excluding hydrogens is 364 g/mol. The molecule has 2 heterocycles. The van der Waals surface area contributed by atoms with Crippen molar-refractivity contribution in [2.75, 3.05) is 13.4 Å². The van der Waals surface area contributed by atoms with Gasteiger partial charge in [-0.25, -0.2) is 0 Å². The number of amides is 1. The van der Waals surface area contributed by atoms with E-state index < -0.39 is 0 Å². The first-order valence-corrected chi connectivity index (χ1v) is 9.09. The second-order valence-electron chi connectivity index (χ2n) is 5.96. The number of carbonyl (C=O) groups excluding carboxylic acids is 1. The van der Waals surface area contributed by atoms with Gasteiger partial charge in [-0.3, -0.25) is 4.79 Å². The predicted molar refractivity (Wildman–Crippen MR) is 102 cm³/mol. The van der Waals surface area contributed by atoms with Gasteiger partial charge in [0, 0.05) is 12.1 Å². The number of ether oxygens (including phenoxy) is 3. The van der Waals surface area contributed by atoms with Crippen LogP contribution in [0.3, 0.4) is 0 Å². The highest BCUT2D eigenvalue weighted by Crippen LogP contribution is 2.36. The molecule has 1 aliphatic heterocycles. The van der Waals surface area contributed by atoms with Crippen LogP contribution in [0.15, 0.2) is 41.4 Å². The Morgan fingerprint density at radius 1 is 1.33 bits per heavy atom. The molecule has 3 aromatic rings. The molecule has 0 saturated heterocycles. The number of nitrogens with zero attached hydrogens (tertiary/aromatic N) is 2. The topological polar surface area (TPSA) is 62.1 Å². The molecule has 0 unspecified atom stereocenters. The molecule has 7 heteroatoms. The van der Waals surface area contributed by atoms with Gasteiger partial charge in [0.1, 0.15) is 5.75 Å². The third kappa shape index (κ3) is 3.52. The van der Waals surface area contributed by atoms with Gasteiger partial charge in [-0.2, -0.15) is 4.99 Å². The highest BCUT2D eigenvalue weighted by atomic mass is 32.1. The average Bonchev–Trinajstić information content (AvgIpc) is 3.23. The van der Waals surface area contributed by atoms with Crippen LogP contribution < -0.4 is 19.0 Å². The summed E-state index contributed by atoms with van der Waals surface area (Å²) in [5, 5.41) is 0. The van der Waals surface area contributed by atoms with Crippen LogP contribution in [0.1, 0.15) is 5.56 Å². The van der Waals surface area contributed by atoms with E-state index in [1.807, 2.05) is 41.8 Å². The Bertz CT molecular complexity index is 1140. The third-order valence-corrected chi connectivity index (χ3v) is 5.04. The summed E-state index contributed by atoms with van der Waals surface area (Å²) in [7, 11) is 0. The zero-order chi connectivity index (χ0) is 18.8. The minimum absolute atomic E-state index is 0.142. The first-order chi connectivity index (χ1) is 13.1. The number of benzene rings is 2. The number of hydrogen-bond donors (Lipinski definition) is 0. The summed E-state index contributed by atoms with van der Waals surface area (Å²) >= 11 is 1.37. The van der Waals surface area contributed by atoms with E-state index in [1.165, 1.54) is 11.3 Å². The Labute approximate surface area is 159 Å². The largest absolute Gasteiger partial charge is 0.484 e. The van der Waals surface area contributed by atoms with E-state index in [0.29, 0.717) is 28.6 Å². The molecule has 4 rings (SSSR count). The van der Waals surface area contributed by atoms with Crippen molar-refractivity contribution in [1.82, 2.24) is 4.57 Å². The number of rotatable bonds is 4. The molecule has 0 radical (unpaired) electrons. The molecule has 0 atom stereocenters. The molecule has 1 aromatic heterocycles. The lowest BCUT2D eigenvalue weighted by Crippen LogP contribution is -2.19. The van der Waals surface area contributed by atoms with Crippen molar-refractivity contribution in [3.05, 3.63) is 46.8 Å². The number of thiazole rings is 1. The maximum absolute atomic E-state index is 12.3. The SMILES string of the molecule is C#CCn1c(=NC(=O)COc2cccc(C)c2)sc2cc3c(cc21)OCO3. The summed E-state index contributed by atoms with van der Waals surface area (Å²) < 4.78 is 19.1. The average molecular weight is 380 g/mol. The number of fused-ring (bicyclic) bond motifs is 2. The second-order valence-corrected chi connectivity index (χ2v) is 6.97. The summed E-state index contributed by atoms with van der Waals surface area (Å²) in [6.45, 7) is 2.32. The second kappa shape index (κ2) is 7.17. The standard InChI is InChI=1S/C20H16N2O4S/c1-3-7-22-15-9-16-17(26-12-25-16)10-18(15)27-20(22)21-19(23)11-24-14-6-4-5-13(2)8-14/h1,4-6,8-10H,7,11-12H2,2H3. The fraction of sp³-hybridized carbons (Fsp3) is 0.200. The number of aryl methyl sites for hydroxylation is 1. The maximum atomic E-state index is 12.3. The van der Waals surface area contributed by atoms with Crippen LogP contribution >= 0.6 is 11.3 Å². The van der Waals surface area contributed by atoms with E-state index in [-0.39, 0.29) is 19.3 Å². The maximum Gasteiger partial charge on any atom is 0.286 e. The lowest BCUT2D eigenvalue weighted by molar-refractivity contribution is -0.120. The molecule has 0 saturated carbocycles. The van der Waals surface area contributed by atoms with Crippen LogP contribution in [-0.2, 0) is 11.3 Å². The number of aromatic nitrogens is 1. The quantitative estimate of drug-likeness (QED) is 0.653.